The summed E-state index contributed by atoms with van der Waals surface area (Å²) in [7, 11) is -3.68. The molecule has 0 amide bonds. The van der Waals surface area contributed by atoms with Gasteiger partial charge in [0.2, 0.25) is 10.0 Å². The second kappa shape index (κ2) is 4.86. The van der Waals surface area contributed by atoms with Gasteiger partial charge in [-0.2, -0.15) is 0 Å². The van der Waals surface area contributed by atoms with Gasteiger partial charge in [0.25, 0.3) is 0 Å². The lowest BCUT2D eigenvalue weighted by Gasteiger charge is -2.04. The van der Waals surface area contributed by atoms with E-state index in [0.29, 0.717) is 6.61 Å². The molecule has 110 valence electrons. The van der Waals surface area contributed by atoms with Crippen LogP contribution >= 0.6 is 0 Å². The quantitative estimate of drug-likeness (QED) is 0.856. The molecular weight excluding hydrogens is 278 g/mol. The molecule has 0 unspecified atom stereocenters. The number of ether oxygens (including phenoxy) is 1. The van der Waals surface area contributed by atoms with Gasteiger partial charge in [-0.25, -0.2) is 13.6 Å². The van der Waals surface area contributed by atoms with Crippen molar-refractivity contribution in [3.8, 4) is 0 Å². The Morgan fingerprint density at radius 2 is 1.85 bits per heavy atom. The van der Waals surface area contributed by atoms with E-state index in [0.717, 1.165) is 5.56 Å². The third kappa shape index (κ3) is 2.58. The minimum atomic E-state index is -3.68. The van der Waals surface area contributed by atoms with Crippen LogP contribution in [0.4, 0.5) is 0 Å². The van der Waals surface area contributed by atoms with Crippen LogP contribution < -0.4 is 5.14 Å². The fourth-order valence-corrected chi connectivity index (χ4v) is 3.31. The lowest BCUT2D eigenvalue weighted by Crippen LogP contribution is -2.12. The summed E-state index contributed by atoms with van der Waals surface area (Å²) >= 11 is 0. The van der Waals surface area contributed by atoms with E-state index in [1.807, 2.05) is 13.8 Å². The fourth-order valence-electron chi connectivity index (χ4n) is 2.80. The van der Waals surface area contributed by atoms with Gasteiger partial charge in [0.05, 0.1) is 17.4 Å². The summed E-state index contributed by atoms with van der Waals surface area (Å²) in [5.74, 6) is -0.322. The second-order valence-electron chi connectivity index (χ2n) is 5.64. The summed E-state index contributed by atoms with van der Waals surface area (Å²) in [4.78, 5) is 12.0. The van der Waals surface area contributed by atoms with Crippen molar-refractivity contribution in [1.29, 1.82) is 0 Å². The summed E-state index contributed by atoms with van der Waals surface area (Å²) in [6.07, 6.45) is 0. The molecule has 1 aliphatic rings. The highest BCUT2D eigenvalue weighted by atomic mass is 32.2. The zero-order chi connectivity index (χ0) is 15.1. The molecular formula is C14H19NO4S. The topological polar surface area (TPSA) is 86.5 Å². The third-order valence-corrected chi connectivity index (χ3v) is 4.86. The summed E-state index contributed by atoms with van der Waals surface area (Å²) in [5.41, 5.74) is 0.760. The monoisotopic (exact) mass is 297 g/mol. The number of carbonyl (C=O) groups is 1. The summed E-state index contributed by atoms with van der Waals surface area (Å²) in [6, 6.07) is 6.37. The first-order chi connectivity index (χ1) is 9.19. The van der Waals surface area contributed by atoms with E-state index in [1.54, 1.807) is 19.1 Å². The van der Waals surface area contributed by atoms with Gasteiger partial charge in [-0.3, -0.25) is 4.79 Å². The van der Waals surface area contributed by atoms with Crippen LogP contribution in [0.2, 0.25) is 0 Å². The van der Waals surface area contributed by atoms with Gasteiger partial charge in [0, 0.05) is 5.92 Å². The molecule has 1 fully saturated rings. The molecule has 0 saturated heterocycles. The number of rotatable bonds is 4. The first-order valence-corrected chi connectivity index (χ1v) is 8.03. The number of hydrogen-bond acceptors (Lipinski definition) is 4. The Morgan fingerprint density at radius 1 is 1.30 bits per heavy atom. The molecule has 20 heavy (non-hydrogen) atoms. The fraction of sp³-hybridized carbons (Fsp3) is 0.500. The summed E-state index contributed by atoms with van der Waals surface area (Å²) < 4.78 is 27.5. The maximum absolute atomic E-state index is 11.9. The molecule has 1 aromatic carbocycles. The van der Waals surface area contributed by atoms with Crippen LogP contribution in [0.5, 0.6) is 0 Å². The van der Waals surface area contributed by atoms with Gasteiger partial charge in [0.15, 0.2) is 0 Å². The molecule has 1 aliphatic carbocycles. The average Bonchev–Trinajstić information content (AvgIpc) is 2.92. The van der Waals surface area contributed by atoms with Crippen LogP contribution in [0, 0.1) is 11.3 Å². The van der Waals surface area contributed by atoms with Crippen molar-refractivity contribution in [2.75, 3.05) is 6.61 Å². The third-order valence-electron chi connectivity index (χ3n) is 3.94. The van der Waals surface area contributed by atoms with Crippen molar-refractivity contribution in [1.82, 2.24) is 0 Å². The van der Waals surface area contributed by atoms with E-state index in [9.17, 15) is 13.2 Å². The Bertz CT molecular complexity index is 619. The molecule has 6 heteroatoms. The van der Waals surface area contributed by atoms with Crippen LogP contribution in [0.3, 0.4) is 0 Å². The molecule has 0 bridgehead atoms. The largest absolute Gasteiger partial charge is 0.466 e. The number of esters is 1. The number of sulfonamides is 1. The lowest BCUT2D eigenvalue weighted by molar-refractivity contribution is -0.145. The molecule has 0 aliphatic heterocycles. The van der Waals surface area contributed by atoms with Crippen LogP contribution in [0.15, 0.2) is 29.2 Å². The van der Waals surface area contributed by atoms with Gasteiger partial charge >= 0.3 is 5.97 Å². The predicted molar refractivity (Wildman–Crippen MR) is 74.5 cm³/mol. The molecule has 2 N–H and O–H groups in total. The molecule has 0 radical (unpaired) electrons. The maximum Gasteiger partial charge on any atom is 0.310 e. The highest BCUT2D eigenvalue weighted by Gasteiger charge is 2.63. The van der Waals surface area contributed by atoms with E-state index in [-0.39, 0.29) is 28.1 Å². The van der Waals surface area contributed by atoms with Crippen molar-refractivity contribution in [3.63, 3.8) is 0 Å². The Balaban J connectivity index is 2.23. The number of hydrogen-bond donors (Lipinski definition) is 1. The molecule has 2 rings (SSSR count). The van der Waals surface area contributed by atoms with E-state index in [2.05, 4.69) is 0 Å². The number of nitrogens with two attached hydrogens (primary N) is 1. The van der Waals surface area contributed by atoms with E-state index >= 15 is 0 Å². The minimum Gasteiger partial charge on any atom is -0.466 e. The highest BCUT2D eigenvalue weighted by Crippen LogP contribution is 2.64. The Labute approximate surface area is 119 Å². The van der Waals surface area contributed by atoms with Crippen LogP contribution in [-0.4, -0.2) is 21.0 Å². The first kappa shape index (κ1) is 15.0. The van der Waals surface area contributed by atoms with E-state index in [1.165, 1.54) is 12.1 Å². The standard InChI is InChI=1S/C14H19NO4S/c1-4-19-13(16)12-11(14(12,2)3)9-5-7-10(8-6-9)20(15,17)18/h5-8,11-12H,4H2,1-3H3,(H2,15,17,18)/t11-,12+/m1/s1. The van der Waals surface area contributed by atoms with Crippen LogP contribution in [0.25, 0.3) is 0 Å². The Kier molecular flexibility index (Phi) is 3.64. The van der Waals surface area contributed by atoms with Crippen molar-refractivity contribution < 1.29 is 17.9 Å². The molecule has 2 atom stereocenters. The molecule has 1 aromatic rings. The lowest BCUT2D eigenvalue weighted by atomic mass is 10.0. The zero-order valence-electron chi connectivity index (χ0n) is 11.8. The van der Waals surface area contributed by atoms with Gasteiger partial charge < -0.3 is 4.74 Å². The number of carbonyl (C=O) groups excluding carboxylic acids is 1. The van der Waals surface area contributed by atoms with Gasteiger partial charge in [0.1, 0.15) is 0 Å². The van der Waals surface area contributed by atoms with Crippen molar-refractivity contribution in [2.24, 2.45) is 16.5 Å². The predicted octanol–water partition coefficient (Wildman–Crippen LogP) is 1.64. The first-order valence-electron chi connectivity index (χ1n) is 6.49. The molecule has 0 heterocycles. The molecule has 5 nitrogen and oxygen atoms in total. The Morgan fingerprint density at radius 3 is 2.30 bits per heavy atom. The molecule has 0 spiro atoms. The zero-order valence-corrected chi connectivity index (χ0v) is 12.6. The SMILES string of the molecule is CCOC(=O)[C@@H]1[C@@H](c2ccc(S(N)(=O)=O)cc2)C1(C)C. The molecule has 1 saturated carbocycles. The number of benzene rings is 1. The van der Waals surface area contributed by atoms with E-state index in [4.69, 9.17) is 9.88 Å². The average molecular weight is 297 g/mol. The van der Waals surface area contributed by atoms with Crippen molar-refractivity contribution in [2.45, 2.75) is 31.6 Å². The van der Waals surface area contributed by atoms with Crippen LogP contribution in [0.1, 0.15) is 32.3 Å². The Hall–Kier alpha value is -1.40. The van der Waals surface area contributed by atoms with Crippen molar-refractivity contribution >= 4 is 16.0 Å². The number of primary sulfonamides is 1. The van der Waals surface area contributed by atoms with Gasteiger partial charge in [-0.05, 0) is 30.0 Å². The van der Waals surface area contributed by atoms with Crippen LogP contribution in [-0.2, 0) is 19.6 Å². The summed E-state index contributed by atoms with van der Waals surface area (Å²) in [6.45, 7) is 6.16. The smallest absolute Gasteiger partial charge is 0.310 e. The normalized spacial score (nSPS) is 24.2. The van der Waals surface area contributed by atoms with E-state index < -0.39 is 10.0 Å². The van der Waals surface area contributed by atoms with Gasteiger partial charge in [-0.1, -0.05) is 26.0 Å². The van der Waals surface area contributed by atoms with Gasteiger partial charge in [-0.15, -0.1) is 0 Å². The molecule has 0 aromatic heterocycles. The van der Waals surface area contributed by atoms with Crippen molar-refractivity contribution in [3.05, 3.63) is 29.8 Å². The minimum absolute atomic E-state index is 0.0519. The summed E-state index contributed by atoms with van der Waals surface area (Å²) in [5, 5.41) is 5.07. The second-order valence-corrected chi connectivity index (χ2v) is 7.20. The maximum atomic E-state index is 11.9. The highest BCUT2D eigenvalue weighted by molar-refractivity contribution is 7.89.